The van der Waals surface area contributed by atoms with E-state index >= 15 is 0 Å². The number of rotatable bonds is 4. The molecule has 0 fully saturated rings. The van der Waals surface area contributed by atoms with E-state index in [9.17, 15) is 0 Å². The minimum atomic E-state index is 0.0953. The summed E-state index contributed by atoms with van der Waals surface area (Å²) < 4.78 is 6.91. The average molecular weight is 308 g/mol. The third kappa shape index (κ3) is 2.68. The number of hydrogen-bond acceptors (Lipinski definition) is 2. The highest BCUT2D eigenvalue weighted by Gasteiger charge is 2.19. The van der Waals surface area contributed by atoms with Gasteiger partial charge in [0, 0.05) is 4.47 Å². The van der Waals surface area contributed by atoms with Gasteiger partial charge in [0.25, 0.3) is 0 Å². The van der Waals surface area contributed by atoms with E-state index in [0.717, 1.165) is 22.5 Å². The van der Waals surface area contributed by atoms with Crippen molar-refractivity contribution >= 4 is 15.9 Å². The zero-order valence-electron chi connectivity index (χ0n) is 11.0. The molecule has 1 aromatic heterocycles. The van der Waals surface area contributed by atoms with Crippen molar-refractivity contribution < 1.29 is 4.42 Å². The molecule has 0 spiro atoms. The van der Waals surface area contributed by atoms with E-state index in [4.69, 9.17) is 4.42 Å². The lowest BCUT2D eigenvalue weighted by Crippen LogP contribution is -2.22. The lowest BCUT2D eigenvalue weighted by atomic mass is 10.0. The van der Waals surface area contributed by atoms with Crippen molar-refractivity contribution in [1.82, 2.24) is 5.32 Å². The van der Waals surface area contributed by atoms with E-state index in [1.165, 1.54) is 11.1 Å². The fraction of sp³-hybridized carbons (Fsp3) is 0.333. The summed E-state index contributed by atoms with van der Waals surface area (Å²) in [6.45, 7) is 7.07. The van der Waals surface area contributed by atoms with Crippen molar-refractivity contribution in [2.45, 2.75) is 26.8 Å². The van der Waals surface area contributed by atoms with Crippen molar-refractivity contribution in [2.75, 3.05) is 6.54 Å². The van der Waals surface area contributed by atoms with Gasteiger partial charge in [-0.25, -0.2) is 0 Å². The number of halogens is 1. The fourth-order valence-electron chi connectivity index (χ4n) is 2.07. The van der Waals surface area contributed by atoms with Crippen LogP contribution >= 0.6 is 15.9 Å². The number of aryl methyl sites for hydroxylation is 2. The Hall–Kier alpha value is -1.06. The first-order valence-corrected chi connectivity index (χ1v) is 6.97. The molecule has 2 aromatic rings. The van der Waals surface area contributed by atoms with Gasteiger partial charge in [-0.15, -0.1) is 0 Å². The predicted octanol–water partition coefficient (Wildman–Crippen LogP) is 4.36. The molecule has 96 valence electrons. The summed E-state index contributed by atoms with van der Waals surface area (Å²) in [5.41, 5.74) is 2.45. The zero-order chi connectivity index (χ0) is 13.1. The minimum Gasteiger partial charge on any atom is -0.464 e. The number of nitrogens with one attached hydrogen (secondary N) is 1. The molecule has 1 N–H and O–H groups in total. The molecular weight excluding hydrogens is 290 g/mol. The van der Waals surface area contributed by atoms with Gasteiger partial charge in [-0.3, -0.25) is 0 Å². The predicted molar refractivity (Wildman–Crippen MR) is 77.8 cm³/mol. The molecule has 0 radical (unpaired) electrons. The second kappa shape index (κ2) is 5.72. The molecule has 2 rings (SSSR count). The van der Waals surface area contributed by atoms with E-state index in [1.807, 2.05) is 19.1 Å². The Morgan fingerprint density at radius 2 is 2.00 bits per heavy atom. The topological polar surface area (TPSA) is 25.2 Å². The lowest BCUT2D eigenvalue weighted by Gasteiger charge is -2.18. The van der Waals surface area contributed by atoms with Gasteiger partial charge in [0.05, 0.1) is 6.04 Å². The molecule has 0 aliphatic heterocycles. The molecule has 1 heterocycles. The van der Waals surface area contributed by atoms with Crippen molar-refractivity contribution in [2.24, 2.45) is 0 Å². The average Bonchev–Trinajstić information content (AvgIpc) is 2.77. The monoisotopic (exact) mass is 307 g/mol. The first-order valence-electron chi connectivity index (χ1n) is 6.18. The smallest absolute Gasteiger partial charge is 0.125 e. The fourth-order valence-corrected chi connectivity index (χ4v) is 2.56. The van der Waals surface area contributed by atoms with Crippen LogP contribution in [-0.4, -0.2) is 6.54 Å². The lowest BCUT2D eigenvalue weighted by molar-refractivity contribution is 0.434. The van der Waals surface area contributed by atoms with Gasteiger partial charge < -0.3 is 9.73 Å². The van der Waals surface area contributed by atoms with Crippen LogP contribution in [0.15, 0.2) is 39.2 Å². The summed E-state index contributed by atoms with van der Waals surface area (Å²) in [5.74, 6) is 1.90. The second-order valence-corrected chi connectivity index (χ2v) is 5.21. The van der Waals surface area contributed by atoms with Crippen LogP contribution in [0.4, 0.5) is 0 Å². The summed E-state index contributed by atoms with van der Waals surface area (Å²) in [6.07, 6.45) is 0. The maximum atomic E-state index is 5.76. The molecule has 3 heteroatoms. The molecule has 1 aromatic carbocycles. The van der Waals surface area contributed by atoms with Crippen LogP contribution in [0, 0.1) is 13.8 Å². The normalized spacial score (nSPS) is 12.7. The first kappa shape index (κ1) is 13.4. The van der Waals surface area contributed by atoms with E-state index in [2.05, 4.69) is 53.3 Å². The van der Waals surface area contributed by atoms with Crippen molar-refractivity contribution in [3.05, 3.63) is 57.5 Å². The van der Waals surface area contributed by atoms with Crippen molar-refractivity contribution in [3.8, 4) is 0 Å². The van der Waals surface area contributed by atoms with Gasteiger partial charge in [-0.1, -0.05) is 41.1 Å². The van der Waals surface area contributed by atoms with Crippen molar-refractivity contribution in [1.29, 1.82) is 0 Å². The molecule has 0 saturated carbocycles. The van der Waals surface area contributed by atoms with E-state index in [0.29, 0.717) is 0 Å². The van der Waals surface area contributed by atoms with E-state index < -0.39 is 0 Å². The number of furan rings is 1. The summed E-state index contributed by atoms with van der Waals surface area (Å²) in [7, 11) is 0. The Bertz CT molecular complexity index is 533. The molecule has 0 amide bonds. The van der Waals surface area contributed by atoms with Crippen LogP contribution < -0.4 is 5.32 Å². The van der Waals surface area contributed by atoms with Crippen LogP contribution in [0.3, 0.4) is 0 Å². The summed E-state index contributed by atoms with van der Waals surface area (Å²) >= 11 is 3.67. The largest absolute Gasteiger partial charge is 0.464 e. The highest BCUT2D eigenvalue weighted by molar-refractivity contribution is 9.10. The Morgan fingerprint density at radius 3 is 2.61 bits per heavy atom. The minimum absolute atomic E-state index is 0.0953. The molecule has 0 aliphatic rings. The number of benzene rings is 1. The van der Waals surface area contributed by atoms with Crippen LogP contribution in [0.1, 0.15) is 35.6 Å². The third-order valence-electron chi connectivity index (χ3n) is 2.99. The summed E-state index contributed by atoms with van der Waals surface area (Å²) in [4.78, 5) is 0. The van der Waals surface area contributed by atoms with Gasteiger partial charge in [0.2, 0.25) is 0 Å². The van der Waals surface area contributed by atoms with Gasteiger partial charge in [0.1, 0.15) is 11.5 Å². The second-order valence-electron chi connectivity index (χ2n) is 4.42. The van der Waals surface area contributed by atoms with Gasteiger partial charge in [-0.05, 0) is 43.7 Å². The molecule has 0 bridgehead atoms. The molecule has 0 saturated heterocycles. The molecule has 1 unspecified atom stereocenters. The molecule has 0 aliphatic carbocycles. The highest BCUT2D eigenvalue weighted by atomic mass is 79.9. The van der Waals surface area contributed by atoms with E-state index in [-0.39, 0.29) is 6.04 Å². The van der Waals surface area contributed by atoms with Gasteiger partial charge >= 0.3 is 0 Å². The van der Waals surface area contributed by atoms with Crippen LogP contribution in [0.5, 0.6) is 0 Å². The van der Waals surface area contributed by atoms with Gasteiger partial charge in [0.15, 0.2) is 0 Å². The summed E-state index contributed by atoms with van der Waals surface area (Å²) in [5, 5.41) is 3.47. The molecule has 18 heavy (non-hydrogen) atoms. The van der Waals surface area contributed by atoms with Crippen LogP contribution in [0.2, 0.25) is 0 Å². The third-order valence-corrected chi connectivity index (χ3v) is 4.07. The van der Waals surface area contributed by atoms with Gasteiger partial charge in [-0.2, -0.15) is 0 Å². The highest BCUT2D eigenvalue weighted by Crippen LogP contribution is 2.31. The zero-order valence-corrected chi connectivity index (χ0v) is 12.5. The maximum Gasteiger partial charge on any atom is 0.125 e. The Morgan fingerprint density at radius 1 is 1.22 bits per heavy atom. The molecular formula is C15H18BrNO. The quantitative estimate of drug-likeness (QED) is 0.908. The Labute approximate surface area is 117 Å². The number of hydrogen-bond donors (Lipinski definition) is 1. The Balaban J connectivity index is 2.44. The molecule has 1 atom stereocenters. The summed E-state index contributed by atoms with van der Waals surface area (Å²) in [6, 6.07) is 10.4. The van der Waals surface area contributed by atoms with Crippen molar-refractivity contribution in [3.63, 3.8) is 0 Å². The molecule has 2 nitrogen and oxygen atoms in total. The van der Waals surface area contributed by atoms with E-state index in [1.54, 1.807) is 0 Å². The first-order chi connectivity index (χ1) is 8.63. The maximum absolute atomic E-state index is 5.76. The van der Waals surface area contributed by atoms with Crippen LogP contribution in [-0.2, 0) is 0 Å². The van der Waals surface area contributed by atoms with Crippen LogP contribution in [0.25, 0.3) is 0 Å². The Kier molecular flexibility index (Phi) is 4.25. The standard InChI is InChI=1S/C15H18BrNO/c1-4-17-15(13-9-8-11(3)18-13)12-7-5-6-10(2)14(12)16/h5-9,15,17H,4H2,1-3H3. The SMILES string of the molecule is CCNC(c1ccc(C)o1)c1cccc(C)c1Br.